The summed E-state index contributed by atoms with van der Waals surface area (Å²) in [6.07, 6.45) is 3.87. The lowest BCUT2D eigenvalue weighted by atomic mass is 9.97. The van der Waals surface area contributed by atoms with Crippen LogP contribution < -0.4 is 4.89 Å². The molecule has 110 valence electrons. The highest BCUT2D eigenvalue weighted by atomic mass is 31.2. The molecule has 0 amide bonds. The van der Waals surface area contributed by atoms with Gasteiger partial charge >= 0.3 is 5.97 Å². The molecule has 6 heteroatoms. The van der Waals surface area contributed by atoms with E-state index in [2.05, 4.69) is 0 Å². The van der Waals surface area contributed by atoms with E-state index in [9.17, 15) is 9.69 Å². The molecule has 5 nitrogen and oxygen atoms in total. The fourth-order valence-corrected chi connectivity index (χ4v) is 3.85. The van der Waals surface area contributed by atoms with Crippen molar-refractivity contribution >= 4 is 13.9 Å². The van der Waals surface area contributed by atoms with Crippen LogP contribution in [0.3, 0.4) is 0 Å². The van der Waals surface area contributed by atoms with E-state index < -0.39 is 19.6 Å². The summed E-state index contributed by atoms with van der Waals surface area (Å²) in [7, 11) is -3.44. The van der Waals surface area contributed by atoms with E-state index in [1.54, 1.807) is 19.1 Å². The third kappa shape index (κ3) is 4.53. The summed E-state index contributed by atoms with van der Waals surface area (Å²) in [5.74, 6) is -0.524. The Balaban J connectivity index is 2.81. The number of allylic oxidation sites excluding steroid dienone is 2. The topological polar surface area (TPSA) is 67.8 Å². The first-order valence-corrected chi connectivity index (χ1v) is 8.12. The second kappa shape index (κ2) is 6.80. The fourth-order valence-electron chi connectivity index (χ4n) is 1.65. The Morgan fingerprint density at radius 3 is 2.53 bits per heavy atom. The minimum Gasteiger partial charge on any atom is -0.631 e. The maximum absolute atomic E-state index is 12.7. The van der Waals surface area contributed by atoms with E-state index in [0.29, 0.717) is 19.6 Å². The van der Waals surface area contributed by atoms with Gasteiger partial charge in [0.05, 0.1) is 6.61 Å². The second-order valence-corrected chi connectivity index (χ2v) is 7.54. The van der Waals surface area contributed by atoms with Crippen LogP contribution in [0.15, 0.2) is 12.2 Å². The van der Waals surface area contributed by atoms with Gasteiger partial charge in [-0.25, -0.2) is 13.8 Å². The summed E-state index contributed by atoms with van der Waals surface area (Å²) in [4.78, 5) is 24.6. The molecule has 0 radical (unpaired) electrons. The van der Waals surface area contributed by atoms with Gasteiger partial charge in [-0.05, 0) is 13.8 Å². The number of rotatable bonds is 5. The van der Waals surface area contributed by atoms with Gasteiger partial charge in [0.25, 0.3) is 7.94 Å². The van der Waals surface area contributed by atoms with Crippen LogP contribution in [-0.2, 0) is 18.6 Å². The van der Waals surface area contributed by atoms with Crippen LogP contribution in [0.1, 0.15) is 34.1 Å². The number of esters is 1. The van der Waals surface area contributed by atoms with Gasteiger partial charge < -0.3 is 9.63 Å². The SMILES string of the molecule is C/C=C/CC(C(=O)OCC)[P+]1([O-])OCC(C)(C)CO1. The van der Waals surface area contributed by atoms with E-state index in [1.165, 1.54) is 0 Å². The van der Waals surface area contributed by atoms with E-state index in [4.69, 9.17) is 13.8 Å². The molecule has 0 aromatic rings. The first-order chi connectivity index (χ1) is 8.84. The summed E-state index contributed by atoms with van der Waals surface area (Å²) in [5, 5.41) is 0. The summed E-state index contributed by atoms with van der Waals surface area (Å²) in [5.41, 5.74) is -1.06. The molecule has 1 atom stereocenters. The number of carbonyl (C=O) groups excluding carboxylic acids is 1. The molecule has 0 aromatic heterocycles. The molecule has 1 aliphatic rings. The molecule has 0 N–H and O–H groups in total. The van der Waals surface area contributed by atoms with Gasteiger partial charge in [0.1, 0.15) is 13.2 Å². The minimum atomic E-state index is -3.44. The van der Waals surface area contributed by atoms with E-state index in [-0.39, 0.29) is 12.0 Å². The van der Waals surface area contributed by atoms with Gasteiger partial charge in [0.15, 0.2) is 0 Å². The Labute approximate surface area is 115 Å². The molecule has 1 heterocycles. The van der Waals surface area contributed by atoms with Crippen molar-refractivity contribution in [3.63, 3.8) is 0 Å². The molecule has 0 bridgehead atoms. The van der Waals surface area contributed by atoms with Crippen LogP contribution in [-0.4, -0.2) is 31.4 Å². The average molecular weight is 290 g/mol. The maximum Gasteiger partial charge on any atom is 0.352 e. The van der Waals surface area contributed by atoms with Crippen LogP contribution in [0.5, 0.6) is 0 Å². The highest BCUT2D eigenvalue weighted by Crippen LogP contribution is 2.62. The van der Waals surface area contributed by atoms with Gasteiger partial charge in [-0.2, -0.15) is 0 Å². The standard InChI is InChI=1S/C13H23O5P/c1-5-7-8-11(12(14)16-6-2)19(15)17-9-13(3,4)10-18-19/h5,7,11H,6,8-10H2,1-4H3/b7-5+. The van der Waals surface area contributed by atoms with Gasteiger partial charge in [0, 0.05) is 11.8 Å². The molecule has 0 aliphatic carbocycles. The zero-order valence-corrected chi connectivity index (χ0v) is 12.9. The second-order valence-electron chi connectivity index (χ2n) is 5.32. The molecule has 0 spiro atoms. The fraction of sp³-hybridized carbons (Fsp3) is 0.769. The Hall–Kier alpha value is -0.480. The predicted molar refractivity (Wildman–Crippen MR) is 72.5 cm³/mol. The number of hydrogen-bond acceptors (Lipinski definition) is 5. The molecule has 1 unspecified atom stereocenters. The quantitative estimate of drug-likeness (QED) is 0.440. The molecule has 1 aliphatic heterocycles. The van der Waals surface area contributed by atoms with Crippen LogP contribution in [0.25, 0.3) is 0 Å². The molecule has 0 aromatic carbocycles. The van der Waals surface area contributed by atoms with Gasteiger partial charge in [-0.15, -0.1) is 0 Å². The van der Waals surface area contributed by atoms with Gasteiger partial charge in [-0.1, -0.05) is 26.0 Å². The molecular weight excluding hydrogens is 267 g/mol. The molecule has 19 heavy (non-hydrogen) atoms. The number of ether oxygens (including phenoxy) is 1. The Morgan fingerprint density at radius 1 is 1.47 bits per heavy atom. The lowest BCUT2D eigenvalue weighted by Gasteiger charge is -2.40. The van der Waals surface area contributed by atoms with Crippen molar-refractivity contribution in [2.45, 2.75) is 39.8 Å². The third-order valence-corrected chi connectivity index (χ3v) is 4.97. The van der Waals surface area contributed by atoms with E-state index in [0.717, 1.165) is 0 Å². The Bertz CT molecular complexity index is 330. The van der Waals surface area contributed by atoms with Crippen LogP contribution in [0, 0.1) is 5.41 Å². The van der Waals surface area contributed by atoms with E-state index >= 15 is 0 Å². The number of hydrogen-bond donors (Lipinski definition) is 0. The zero-order valence-electron chi connectivity index (χ0n) is 12.0. The van der Waals surface area contributed by atoms with Crippen molar-refractivity contribution in [1.82, 2.24) is 0 Å². The smallest absolute Gasteiger partial charge is 0.352 e. The normalized spacial score (nSPS) is 23.2. The minimum absolute atomic E-state index is 0.187. The average Bonchev–Trinajstić information content (AvgIpc) is 2.34. The van der Waals surface area contributed by atoms with Crippen LogP contribution >= 0.6 is 7.94 Å². The maximum atomic E-state index is 12.7. The van der Waals surface area contributed by atoms with Crippen LogP contribution in [0.2, 0.25) is 0 Å². The monoisotopic (exact) mass is 290 g/mol. The Kier molecular flexibility index (Phi) is 5.93. The van der Waals surface area contributed by atoms with Crippen molar-refractivity contribution in [2.75, 3.05) is 19.8 Å². The summed E-state index contributed by atoms with van der Waals surface area (Å²) >= 11 is 0. The molecular formula is C13H23O5P. The van der Waals surface area contributed by atoms with Gasteiger partial charge in [0.2, 0.25) is 5.66 Å². The summed E-state index contributed by atoms with van der Waals surface area (Å²) in [6, 6.07) is 0. The molecule has 1 rings (SSSR count). The molecule has 0 saturated carbocycles. The summed E-state index contributed by atoms with van der Waals surface area (Å²) in [6.45, 7) is 8.35. The van der Waals surface area contributed by atoms with Crippen molar-refractivity contribution in [3.8, 4) is 0 Å². The molecule has 1 fully saturated rings. The predicted octanol–water partition coefficient (Wildman–Crippen LogP) is 2.08. The van der Waals surface area contributed by atoms with E-state index in [1.807, 2.05) is 20.8 Å². The van der Waals surface area contributed by atoms with Crippen molar-refractivity contribution in [2.24, 2.45) is 5.41 Å². The first kappa shape index (κ1) is 16.6. The summed E-state index contributed by atoms with van der Waals surface area (Å²) < 4.78 is 15.8. The lowest BCUT2D eigenvalue weighted by Crippen LogP contribution is -2.42. The third-order valence-electron chi connectivity index (χ3n) is 2.81. The Morgan fingerprint density at radius 2 is 2.05 bits per heavy atom. The van der Waals surface area contributed by atoms with Gasteiger partial charge in [-0.3, -0.25) is 0 Å². The molecule has 1 saturated heterocycles. The highest BCUT2D eigenvalue weighted by Gasteiger charge is 2.51. The lowest BCUT2D eigenvalue weighted by molar-refractivity contribution is -0.236. The zero-order chi connectivity index (χ0) is 14.5. The van der Waals surface area contributed by atoms with Crippen molar-refractivity contribution < 1.29 is 23.5 Å². The van der Waals surface area contributed by atoms with Crippen molar-refractivity contribution in [1.29, 1.82) is 0 Å². The number of carbonyl (C=O) groups is 1. The van der Waals surface area contributed by atoms with Crippen LogP contribution in [0.4, 0.5) is 0 Å². The highest BCUT2D eigenvalue weighted by molar-refractivity contribution is 7.61. The van der Waals surface area contributed by atoms with Crippen molar-refractivity contribution in [3.05, 3.63) is 12.2 Å². The largest absolute Gasteiger partial charge is 0.631 e. The first-order valence-electron chi connectivity index (χ1n) is 6.51.